The number of aromatic nitrogens is 1. The van der Waals surface area contributed by atoms with Crippen molar-refractivity contribution in [1.29, 1.82) is 5.26 Å². The average molecular weight is 259 g/mol. The number of carbonyl (C=O) groups is 1. The molecular formula is C14H17N3O2. The number of nitriles is 1. The van der Waals surface area contributed by atoms with Crippen LogP contribution in [0.3, 0.4) is 0 Å². The van der Waals surface area contributed by atoms with Gasteiger partial charge in [-0.1, -0.05) is 0 Å². The van der Waals surface area contributed by atoms with Crippen molar-refractivity contribution in [1.82, 2.24) is 10.3 Å². The van der Waals surface area contributed by atoms with Crippen LogP contribution in [0.25, 0.3) is 0 Å². The summed E-state index contributed by atoms with van der Waals surface area (Å²) < 4.78 is 5.59. The highest BCUT2D eigenvalue weighted by Crippen LogP contribution is 2.14. The van der Waals surface area contributed by atoms with Gasteiger partial charge in [0.15, 0.2) is 0 Å². The van der Waals surface area contributed by atoms with Crippen molar-refractivity contribution in [3.05, 3.63) is 29.6 Å². The summed E-state index contributed by atoms with van der Waals surface area (Å²) in [7, 11) is 0. The second-order valence-corrected chi connectivity index (χ2v) is 4.58. The highest BCUT2D eigenvalue weighted by molar-refractivity contribution is 5.92. The lowest BCUT2D eigenvalue weighted by Gasteiger charge is -2.22. The second-order valence-electron chi connectivity index (χ2n) is 4.58. The standard InChI is InChI=1S/C14H17N3O2/c15-9-11-4-5-13(17-10-11)14(18)16-7-6-12-3-1-2-8-19-12/h4-5,10,12H,1-3,6-8H2,(H,16,18). The van der Waals surface area contributed by atoms with E-state index in [1.54, 1.807) is 12.1 Å². The Morgan fingerprint density at radius 3 is 3.05 bits per heavy atom. The van der Waals surface area contributed by atoms with E-state index in [2.05, 4.69) is 10.3 Å². The molecule has 2 heterocycles. The lowest BCUT2D eigenvalue weighted by atomic mass is 10.1. The fourth-order valence-corrected chi connectivity index (χ4v) is 2.07. The smallest absolute Gasteiger partial charge is 0.269 e. The first-order valence-corrected chi connectivity index (χ1v) is 6.55. The molecule has 1 N–H and O–H groups in total. The third-order valence-electron chi connectivity index (χ3n) is 3.15. The van der Waals surface area contributed by atoms with E-state index >= 15 is 0 Å². The molecule has 5 heteroatoms. The Morgan fingerprint density at radius 1 is 1.53 bits per heavy atom. The Bertz CT molecular complexity index is 459. The van der Waals surface area contributed by atoms with Gasteiger partial charge in [-0.15, -0.1) is 0 Å². The zero-order valence-corrected chi connectivity index (χ0v) is 10.8. The first-order valence-electron chi connectivity index (χ1n) is 6.55. The van der Waals surface area contributed by atoms with Crippen LogP contribution in [0.1, 0.15) is 41.7 Å². The molecule has 1 fully saturated rings. The van der Waals surface area contributed by atoms with Crippen molar-refractivity contribution in [2.45, 2.75) is 31.8 Å². The van der Waals surface area contributed by atoms with E-state index in [-0.39, 0.29) is 12.0 Å². The zero-order valence-electron chi connectivity index (χ0n) is 10.8. The summed E-state index contributed by atoms with van der Waals surface area (Å²) >= 11 is 0. The molecule has 1 atom stereocenters. The maximum atomic E-state index is 11.8. The highest BCUT2D eigenvalue weighted by atomic mass is 16.5. The molecule has 0 spiro atoms. The third-order valence-corrected chi connectivity index (χ3v) is 3.15. The fraction of sp³-hybridized carbons (Fsp3) is 0.500. The molecule has 2 rings (SSSR count). The van der Waals surface area contributed by atoms with E-state index in [0.717, 1.165) is 25.9 Å². The predicted molar refractivity (Wildman–Crippen MR) is 69.5 cm³/mol. The SMILES string of the molecule is N#Cc1ccc(C(=O)NCCC2CCCCO2)nc1. The molecule has 0 radical (unpaired) electrons. The Morgan fingerprint density at radius 2 is 2.42 bits per heavy atom. The van der Waals surface area contributed by atoms with Crippen LogP contribution >= 0.6 is 0 Å². The van der Waals surface area contributed by atoms with Gasteiger partial charge < -0.3 is 10.1 Å². The monoisotopic (exact) mass is 259 g/mol. The van der Waals surface area contributed by atoms with Crippen LogP contribution in [0.2, 0.25) is 0 Å². The van der Waals surface area contributed by atoms with Crippen molar-refractivity contribution in [2.24, 2.45) is 0 Å². The Balaban J connectivity index is 1.75. The second kappa shape index (κ2) is 6.86. The average Bonchev–Trinajstić information content (AvgIpc) is 2.48. The van der Waals surface area contributed by atoms with Crippen molar-refractivity contribution in [2.75, 3.05) is 13.2 Å². The fourth-order valence-electron chi connectivity index (χ4n) is 2.07. The van der Waals surface area contributed by atoms with Crippen LogP contribution in [-0.4, -0.2) is 30.1 Å². The van der Waals surface area contributed by atoms with Gasteiger partial charge in [-0.25, -0.2) is 4.98 Å². The molecule has 1 unspecified atom stereocenters. The Hall–Kier alpha value is -1.93. The van der Waals surface area contributed by atoms with Gasteiger partial charge >= 0.3 is 0 Å². The van der Waals surface area contributed by atoms with E-state index < -0.39 is 0 Å². The zero-order chi connectivity index (χ0) is 13.5. The summed E-state index contributed by atoms with van der Waals surface area (Å²) in [5.41, 5.74) is 0.788. The number of nitrogens with zero attached hydrogens (tertiary/aromatic N) is 2. The predicted octanol–water partition coefficient (Wildman–Crippen LogP) is 1.64. The highest BCUT2D eigenvalue weighted by Gasteiger charge is 2.14. The molecule has 0 aromatic carbocycles. The van der Waals surface area contributed by atoms with Crippen LogP contribution in [0.4, 0.5) is 0 Å². The molecule has 1 aliphatic heterocycles. The molecular weight excluding hydrogens is 242 g/mol. The quantitative estimate of drug-likeness (QED) is 0.892. The first kappa shape index (κ1) is 13.5. The largest absolute Gasteiger partial charge is 0.378 e. The molecule has 1 amide bonds. The summed E-state index contributed by atoms with van der Waals surface area (Å²) in [6.07, 6.45) is 5.92. The van der Waals surface area contributed by atoms with Gasteiger partial charge in [0.2, 0.25) is 0 Å². The minimum absolute atomic E-state index is 0.208. The third kappa shape index (κ3) is 4.04. The lowest BCUT2D eigenvalue weighted by Crippen LogP contribution is -2.29. The molecule has 1 aliphatic rings. The van der Waals surface area contributed by atoms with Crippen LogP contribution < -0.4 is 5.32 Å². The molecule has 1 saturated heterocycles. The van der Waals surface area contributed by atoms with Crippen LogP contribution in [0.15, 0.2) is 18.3 Å². The van der Waals surface area contributed by atoms with Crippen molar-refractivity contribution in [3.8, 4) is 6.07 Å². The van der Waals surface area contributed by atoms with E-state index in [0.29, 0.717) is 17.8 Å². The molecule has 19 heavy (non-hydrogen) atoms. The maximum Gasteiger partial charge on any atom is 0.269 e. The van der Waals surface area contributed by atoms with Crippen molar-refractivity contribution in [3.63, 3.8) is 0 Å². The van der Waals surface area contributed by atoms with E-state index in [4.69, 9.17) is 10.00 Å². The number of rotatable bonds is 4. The number of pyridine rings is 1. The van der Waals surface area contributed by atoms with Gasteiger partial charge in [0, 0.05) is 19.3 Å². The normalized spacial score (nSPS) is 18.6. The van der Waals surface area contributed by atoms with E-state index in [1.165, 1.54) is 12.6 Å². The molecule has 0 aliphatic carbocycles. The molecule has 1 aromatic heterocycles. The van der Waals surface area contributed by atoms with Crippen LogP contribution in [-0.2, 0) is 4.74 Å². The van der Waals surface area contributed by atoms with Gasteiger partial charge in [-0.2, -0.15) is 5.26 Å². The summed E-state index contributed by atoms with van der Waals surface area (Å²) in [5.74, 6) is -0.208. The minimum atomic E-state index is -0.208. The summed E-state index contributed by atoms with van der Waals surface area (Å²) in [6.45, 7) is 1.42. The minimum Gasteiger partial charge on any atom is -0.378 e. The van der Waals surface area contributed by atoms with Crippen LogP contribution in [0, 0.1) is 11.3 Å². The maximum absolute atomic E-state index is 11.8. The van der Waals surface area contributed by atoms with Gasteiger partial charge in [0.05, 0.1) is 11.7 Å². The number of carbonyl (C=O) groups excluding carboxylic acids is 1. The lowest BCUT2D eigenvalue weighted by molar-refractivity contribution is 0.0117. The topological polar surface area (TPSA) is 75.0 Å². The molecule has 100 valence electrons. The molecule has 1 aromatic rings. The molecule has 0 bridgehead atoms. The van der Waals surface area contributed by atoms with Crippen LogP contribution in [0.5, 0.6) is 0 Å². The number of hydrogen-bond acceptors (Lipinski definition) is 4. The van der Waals surface area contributed by atoms with Crippen molar-refractivity contribution < 1.29 is 9.53 Å². The van der Waals surface area contributed by atoms with Gasteiger partial charge in [0.1, 0.15) is 11.8 Å². The Labute approximate surface area is 112 Å². The number of hydrogen-bond donors (Lipinski definition) is 1. The van der Waals surface area contributed by atoms with Gasteiger partial charge in [-0.3, -0.25) is 4.79 Å². The first-order chi connectivity index (χ1) is 9.29. The number of amides is 1. The number of nitrogens with one attached hydrogen (secondary N) is 1. The summed E-state index contributed by atoms with van der Waals surface area (Å²) in [5, 5.41) is 11.5. The van der Waals surface area contributed by atoms with Gasteiger partial charge in [0.25, 0.3) is 5.91 Å². The van der Waals surface area contributed by atoms with Crippen molar-refractivity contribution >= 4 is 5.91 Å². The summed E-state index contributed by atoms with van der Waals surface area (Å²) in [4.78, 5) is 15.7. The Kier molecular flexibility index (Phi) is 4.87. The summed E-state index contributed by atoms with van der Waals surface area (Å²) in [6, 6.07) is 5.12. The molecule has 5 nitrogen and oxygen atoms in total. The van der Waals surface area contributed by atoms with E-state index in [9.17, 15) is 4.79 Å². The van der Waals surface area contributed by atoms with Gasteiger partial charge in [-0.05, 0) is 37.8 Å². The van der Waals surface area contributed by atoms with E-state index in [1.807, 2.05) is 6.07 Å². The molecule has 0 saturated carbocycles. The number of ether oxygens (including phenoxy) is 1.